The molecule has 112 valence electrons. The van der Waals surface area contributed by atoms with Crippen LogP contribution < -0.4 is 0 Å². The molecule has 0 radical (unpaired) electrons. The van der Waals surface area contributed by atoms with E-state index in [4.69, 9.17) is 4.74 Å². The molecule has 1 aromatic rings. The molecule has 0 amide bonds. The second-order valence-corrected chi connectivity index (χ2v) is 4.40. The van der Waals surface area contributed by atoms with Gasteiger partial charge in [0, 0.05) is 0 Å². The molecule has 0 saturated carbocycles. The highest BCUT2D eigenvalue weighted by atomic mass is 19.3. The first kappa shape index (κ1) is 16.7. The Labute approximate surface area is 114 Å². The van der Waals surface area contributed by atoms with E-state index in [1.165, 1.54) is 0 Å². The van der Waals surface area contributed by atoms with E-state index in [2.05, 4.69) is 6.58 Å². The van der Waals surface area contributed by atoms with Crippen molar-refractivity contribution in [3.8, 4) is 0 Å². The van der Waals surface area contributed by atoms with Gasteiger partial charge in [0.2, 0.25) is 0 Å². The van der Waals surface area contributed by atoms with E-state index >= 15 is 0 Å². The molecule has 0 heterocycles. The Bertz CT molecular complexity index is 434. The van der Waals surface area contributed by atoms with E-state index in [0.717, 1.165) is 6.92 Å². The third kappa shape index (κ3) is 3.58. The zero-order chi connectivity index (χ0) is 15.4. The van der Waals surface area contributed by atoms with Crippen molar-refractivity contribution in [2.24, 2.45) is 0 Å². The molecule has 0 unspecified atom stereocenters. The molecule has 2 nitrogen and oxygen atoms in total. The largest absolute Gasteiger partial charge is 0.384 e. The number of hydrogen-bond acceptors (Lipinski definition) is 2. The Morgan fingerprint density at radius 2 is 1.80 bits per heavy atom. The monoisotopic (exact) mass is 292 g/mol. The highest BCUT2D eigenvalue weighted by molar-refractivity contribution is 5.13. The van der Waals surface area contributed by atoms with Gasteiger partial charge in [-0.1, -0.05) is 36.9 Å². The van der Waals surface area contributed by atoms with Crippen molar-refractivity contribution in [1.29, 1.82) is 0 Å². The number of benzene rings is 1. The molecule has 6 heteroatoms. The normalized spacial score (nSPS) is 15.7. The molecule has 1 rings (SSSR count). The Morgan fingerprint density at radius 1 is 1.25 bits per heavy atom. The lowest BCUT2D eigenvalue weighted by Gasteiger charge is -2.31. The summed E-state index contributed by atoms with van der Waals surface area (Å²) in [4.78, 5) is 0. The lowest BCUT2D eigenvalue weighted by molar-refractivity contribution is -0.252. The maximum Gasteiger partial charge on any atom is 0.341 e. The first-order valence-corrected chi connectivity index (χ1v) is 5.95. The Kier molecular flexibility index (Phi) is 5.30. The zero-order valence-electron chi connectivity index (χ0n) is 10.9. The van der Waals surface area contributed by atoms with Gasteiger partial charge >= 0.3 is 11.8 Å². The first-order valence-electron chi connectivity index (χ1n) is 5.95. The summed E-state index contributed by atoms with van der Waals surface area (Å²) < 4.78 is 57.9. The minimum atomic E-state index is -4.65. The highest BCUT2D eigenvalue weighted by Gasteiger charge is 2.60. The molecular weight excluding hydrogens is 276 g/mol. The van der Waals surface area contributed by atoms with Crippen LogP contribution in [0.2, 0.25) is 0 Å². The summed E-state index contributed by atoms with van der Waals surface area (Å²) in [6, 6.07) is 8.59. The molecule has 0 spiro atoms. The summed E-state index contributed by atoms with van der Waals surface area (Å²) in [6.07, 6.45) is -4.28. The van der Waals surface area contributed by atoms with Crippen LogP contribution in [0.3, 0.4) is 0 Å². The summed E-state index contributed by atoms with van der Waals surface area (Å²) in [5, 5.41) is 9.39. The van der Waals surface area contributed by atoms with E-state index in [1.54, 1.807) is 30.3 Å². The third-order valence-corrected chi connectivity index (χ3v) is 2.87. The van der Waals surface area contributed by atoms with Crippen molar-refractivity contribution in [1.82, 2.24) is 0 Å². The van der Waals surface area contributed by atoms with Gasteiger partial charge in [0.25, 0.3) is 0 Å². The number of ether oxygens (including phenoxy) is 1. The number of halogens is 4. The van der Waals surface area contributed by atoms with Gasteiger partial charge in [-0.25, -0.2) is 0 Å². The summed E-state index contributed by atoms with van der Waals surface area (Å²) in [5.41, 5.74) is 0.686. The topological polar surface area (TPSA) is 29.5 Å². The Morgan fingerprint density at radius 3 is 2.30 bits per heavy atom. The zero-order valence-corrected chi connectivity index (χ0v) is 10.9. The molecule has 1 N–H and O–H groups in total. The lowest BCUT2D eigenvalue weighted by atomic mass is 10.0. The predicted molar refractivity (Wildman–Crippen MR) is 66.8 cm³/mol. The number of hydrogen-bond donors (Lipinski definition) is 1. The van der Waals surface area contributed by atoms with Crippen molar-refractivity contribution in [2.75, 3.05) is 0 Å². The third-order valence-electron chi connectivity index (χ3n) is 2.87. The minimum Gasteiger partial charge on any atom is -0.384 e. The molecular formula is C14H16F4O2. The van der Waals surface area contributed by atoms with Crippen LogP contribution >= 0.6 is 0 Å². The maximum absolute atomic E-state index is 13.4. The minimum absolute atomic E-state index is 0.0607. The van der Waals surface area contributed by atoms with Crippen LogP contribution in [0.5, 0.6) is 0 Å². The van der Waals surface area contributed by atoms with Crippen molar-refractivity contribution >= 4 is 0 Å². The van der Waals surface area contributed by atoms with Gasteiger partial charge in [-0.3, -0.25) is 0 Å². The molecule has 20 heavy (non-hydrogen) atoms. The first-order chi connectivity index (χ1) is 9.22. The second-order valence-electron chi connectivity index (χ2n) is 4.40. The number of alkyl halides is 4. The molecule has 1 aromatic carbocycles. The predicted octanol–water partition coefficient (Wildman–Crippen LogP) is 3.41. The van der Waals surface area contributed by atoms with E-state index in [0.29, 0.717) is 5.56 Å². The lowest BCUT2D eigenvalue weighted by Crippen LogP contribution is -2.53. The van der Waals surface area contributed by atoms with Crippen LogP contribution in [0.15, 0.2) is 43.0 Å². The quantitative estimate of drug-likeness (QED) is 0.616. The standard InChI is InChI=1S/C14H16F4O2/c1-3-13(15,16)14(17,18)12(19)10(2)20-9-11-7-5-4-6-8-11/h3-8,10,12,19H,1,9H2,2H3/t10-,12+/m0/s1. The number of aliphatic hydroxyl groups is 1. The summed E-state index contributed by atoms with van der Waals surface area (Å²) in [7, 11) is 0. The molecule has 0 aromatic heterocycles. The van der Waals surface area contributed by atoms with Crippen LogP contribution in [0.1, 0.15) is 12.5 Å². The summed E-state index contributed by atoms with van der Waals surface area (Å²) >= 11 is 0. The van der Waals surface area contributed by atoms with Gasteiger partial charge in [0.1, 0.15) is 6.10 Å². The van der Waals surface area contributed by atoms with Gasteiger partial charge in [-0.15, -0.1) is 0 Å². The average molecular weight is 292 g/mol. The fourth-order valence-corrected chi connectivity index (χ4v) is 1.52. The fourth-order valence-electron chi connectivity index (χ4n) is 1.52. The molecule has 0 saturated heterocycles. The summed E-state index contributed by atoms with van der Waals surface area (Å²) in [6.45, 7) is 3.70. The van der Waals surface area contributed by atoms with Gasteiger partial charge in [0.15, 0.2) is 0 Å². The van der Waals surface area contributed by atoms with Gasteiger partial charge in [-0.2, -0.15) is 17.6 Å². The molecule has 0 fully saturated rings. The number of allylic oxidation sites excluding steroid dienone is 1. The van der Waals surface area contributed by atoms with Crippen LogP contribution in [0.4, 0.5) is 17.6 Å². The highest BCUT2D eigenvalue weighted by Crippen LogP contribution is 2.39. The van der Waals surface area contributed by atoms with E-state index in [9.17, 15) is 22.7 Å². The SMILES string of the molecule is C=CC(F)(F)C(F)(F)[C@H](O)[C@H](C)OCc1ccccc1. The molecule has 0 aliphatic carbocycles. The maximum atomic E-state index is 13.4. The van der Waals surface area contributed by atoms with Gasteiger partial charge < -0.3 is 9.84 Å². The molecule has 0 aliphatic rings. The van der Waals surface area contributed by atoms with E-state index < -0.39 is 24.1 Å². The van der Waals surface area contributed by atoms with E-state index in [-0.39, 0.29) is 12.7 Å². The van der Waals surface area contributed by atoms with Gasteiger partial charge in [-0.05, 0) is 18.6 Å². The second kappa shape index (κ2) is 6.37. The van der Waals surface area contributed by atoms with Crippen molar-refractivity contribution in [2.45, 2.75) is 37.6 Å². The smallest absolute Gasteiger partial charge is 0.341 e. The Balaban J connectivity index is 2.67. The molecule has 2 atom stereocenters. The van der Waals surface area contributed by atoms with E-state index in [1.807, 2.05) is 0 Å². The van der Waals surface area contributed by atoms with Crippen molar-refractivity contribution in [3.05, 3.63) is 48.6 Å². The molecule has 0 aliphatic heterocycles. The van der Waals surface area contributed by atoms with Crippen molar-refractivity contribution < 1.29 is 27.4 Å². The fraction of sp³-hybridized carbons (Fsp3) is 0.429. The summed E-state index contributed by atoms with van der Waals surface area (Å²) in [5.74, 6) is -9.15. The molecule has 0 bridgehead atoms. The van der Waals surface area contributed by atoms with Crippen LogP contribution in [0, 0.1) is 0 Å². The van der Waals surface area contributed by atoms with Crippen molar-refractivity contribution in [3.63, 3.8) is 0 Å². The van der Waals surface area contributed by atoms with Crippen LogP contribution in [0.25, 0.3) is 0 Å². The van der Waals surface area contributed by atoms with Gasteiger partial charge in [0.05, 0.1) is 12.7 Å². The number of aliphatic hydroxyl groups excluding tert-OH is 1. The van der Waals surface area contributed by atoms with Crippen LogP contribution in [-0.4, -0.2) is 29.2 Å². The average Bonchev–Trinajstić information content (AvgIpc) is 2.44. The Hall–Kier alpha value is -1.40. The van der Waals surface area contributed by atoms with Crippen LogP contribution in [-0.2, 0) is 11.3 Å². The number of rotatable bonds is 7.